The summed E-state index contributed by atoms with van der Waals surface area (Å²) < 4.78 is 5.25. The molecule has 6 heteroatoms. The molecule has 6 nitrogen and oxygen atoms in total. The minimum absolute atomic E-state index is 0.0257. The molecule has 23 heavy (non-hydrogen) atoms. The van der Waals surface area contributed by atoms with Gasteiger partial charge < -0.3 is 15.0 Å². The highest BCUT2D eigenvalue weighted by atomic mass is 16.5. The number of benzene rings is 1. The summed E-state index contributed by atoms with van der Waals surface area (Å²) >= 11 is 0. The van der Waals surface area contributed by atoms with Gasteiger partial charge in [0.05, 0.1) is 20.1 Å². The number of hydrogen-bond donors (Lipinski definition) is 1. The van der Waals surface area contributed by atoms with Gasteiger partial charge in [-0.05, 0) is 39.0 Å². The lowest BCUT2D eigenvalue weighted by atomic mass is 10.0. The van der Waals surface area contributed by atoms with Crippen LogP contribution in [0.15, 0.2) is 18.2 Å². The van der Waals surface area contributed by atoms with Crippen molar-refractivity contribution in [3.63, 3.8) is 0 Å². The third-order valence-electron chi connectivity index (χ3n) is 3.47. The average Bonchev–Trinajstić information content (AvgIpc) is 2.52. The first-order chi connectivity index (χ1) is 10.9. The van der Waals surface area contributed by atoms with E-state index in [1.165, 1.54) is 18.9 Å². The first kappa shape index (κ1) is 18.7. The number of ether oxygens (including phenoxy) is 1. The van der Waals surface area contributed by atoms with Crippen molar-refractivity contribution in [1.82, 2.24) is 10.2 Å². The van der Waals surface area contributed by atoms with Gasteiger partial charge in [0.15, 0.2) is 5.78 Å². The smallest absolute Gasteiger partial charge is 0.239 e. The zero-order chi connectivity index (χ0) is 17.4. The number of nitrogens with one attached hydrogen (secondary N) is 1. The molecule has 0 atom stereocenters. The number of likely N-dealkylation sites (N-methyl/N-ethyl adjacent to an activating group) is 2. The number of nitrogens with zero attached hydrogens (tertiary/aromatic N) is 1. The summed E-state index contributed by atoms with van der Waals surface area (Å²) in [4.78, 5) is 37.1. The predicted octanol–water partition coefficient (Wildman–Crippen LogP) is 1.42. The first-order valence-electron chi connectivity index (χ1n) is 7.65. The number of carbonyl (C=O) groups is 3. The maximum absolute atomic E-state index is 12.4. The number of amides is 2. The number of rotatable bonds is 8. The van der Waals surface area contributed by atoms with E-state index in [2.05, 4.69) is 5.32 Å². The second-order valence-electron chi connectivity index (χ2n) is 5.12. The fraction of sp³-hybridized carbons (Fsp3) is 0.471. The fourth-order valence-electron chi connectivity index (χ4n) is 2.21. The minimum atomic E-state index is -0.188. The number of ketones is 1. The van der Waals surface area contributed by atoms with Crippen molar-refractivity contribution in [1.29, 1.82) is 0 Å². The first-order valence-corrected chi connectivity index (χ1v) is 7.65. The van der Waals surface area contributed by atoms with Crippen molar-refractivity contribution in [3.8, 4) is 5.75 Å². The Morgan fingerprint density at radius 3 is 2.43 bits per heavy atom. The summed E-state index contributed by atoms with van der Waals surface area (Å²) in [7, 11) is 1.52. The van der Waals surface area contributed by atoms with Gasteiger partial charge in [-0.15, -0.1) is 0 Å². The van der Waals surface area contributed by atoms with Crippen LogP contribution in [0.2, 0.25) is 0 Å². The maximum atomic E-state index is 12.4. The molecule has 0 fully saturated rings. The Hall–Kier alpha value is -2.37. The molecular weight excluding hydrogens is 296 g/mol. The van der Waals surface area contributed by atoms with E-state index in [0.29, 0.717) is 30.0 Å². The van der Waals surface area contributed by atoms with Gasteiger partial charge in [0, 0.05) is 24.2 Å². The van der Waals surface area contributed by atoms with Gasteiger partial charge in [-0.1, -0.05) is 0 Å². The van der Waals surface area contributed by atoms with Gasteiger partial charge in [-0.25, -0.2) is 0 Å². The van der Waals surface area contributed by atoms with Crippen molar-refractivity contribution in [2.24, 2.45) is 0 Å². The number of Topliss-reactive ketones (excluding diaryl/α,β-unsaturated/α-hetero) is 1. The van der Waals surface area contributed by atoms with Crippen molar-refractivity contribution < 1.29 is 19.1 Å². The molecule has 2 amide bonds. The number of methoxy groups -OCH3 is 1. The second-order valence-corrected chi connectivity index (χ2v) is 5.12. The lowest BCUT2D eigenvalue weighted by Gasteiger charge is -2.21. The van der Waals surface area contributed by atoms with E-state index in [9.17, 15) is 14.4 Å². The summed E-state index contributed by atoms with van der Waals surface area (Å²) in [6.07, 6.45) is 0.0809. The third kappa shape index (κ3) is 5.39. The molecule has 0 aliphatic rings. The molecule has 1 rings (SSSR count). The lowest BCUT2D eigenvalue weighted by Crippen LogP contribution is -2.41. The molecule has 1 aromatic carbocycles. The molecule has 1 aromatic rings. The van der Waals surface area contributed by atoms with Crippen LogP contribution in [-0.2, 0) is 16.0 Å². The van der Waals surface area contributed by atoms with Gasteiger partial charge in [0.1, 0.15) is 5.75 Å². The fourth-order valence-corrected chi connectivity index (χ4v) is 2.21. The minimum Gasteiger partial charge on any atom is -0.496 e. The highest BCUT2D eigenvalue weighted by molar-refractivity contribution is 5.95. The summed E-state index contributed by atoms with van der Waals surface area (Å²) in [6, 6.07) is 5.01. The largest absolute Gasteiger partial charge is 0.496 e. The zero-order valence-electron chi connectivity index (χ0n) is 14.1. The van der Waals surface area contributed by atoms with Crippen LogP contribution in [0.1, 0.15) is 36.7 Å². The van der Waals surface area contributed by atoms with E-state index >= 15 is 0 Å². The van der Waals surface area contributed by atoms with Crippen LogP contribution in [0.3, 0.4) is 0 Å². The Morgan fingerprint density at radius 1 is 1.22 bits per heavy atom. The van der Waals surface area contributed by atoms with Crippen molar-refractivity contribution in [3.05, 3.63) is 29.3 Å². The highest BCUT2D eigenvalue weighted by Gasteiger charge is 2.18. The monoisotopic (exact) mass is 320 g/mol. The van der Waals surface area contributed by atoms with Crippen LogP contribution in [0, 0.1) is 0 Å². The summed E-state index contributed by atoms with van der Waals surface area (Å²) in [5, 5.41) is 2.67. The van der Waals surface area contributed by atoms with E-state index in [0.717, 1.165) is 0 Å². The number of hydrogen-bond acceptors (Lipinski definition) is 4. The molecule has 0 bridgehead atoms. The SMILES string of the molecule is CCNC(=O)CN(CC)C(=O)Cc1cc(C(C)=O)ccc1OC. The average molecular weight is 320 g/mol. The van der Waals surface area contributed by atoms with Crippen molar-refractivity contribution in [2.45, 2.75) is 27.2 Å². The van der Waals surface area contributed by atoms with E-state index < -0.39 is 0 Å². The highest BCUT2D eigenvalue weighted by Crippen LogP contribution is 2.21. The van der Waals surface area contributed by atoms with Crippen LogP contribution in [0.25, 0.3) is 0 Å². The van der Waals surface area contributed by atoms with Crippen molar-refractivity contribution >= 4 is 17.6 Å². The molecule has 0 heterocycles. The van der Waals surface area contributed by atoms with Crippen molar-refractivity contribution in [2.75, 3.05) is 26.7 Å². The lowest BCUT2D eigenvalue weighted by molar-refractivity contribution is -0.135. The Morgan fingerprint density at radius 2 is 1.91 bits per heavy atom. The molecule has 0 unspecified atom stereocenters. The molecule has 0 aromatic heterocycles. The molecule has 0 saturated carbocycles. The maximum Gasteiger partial charge on any atom is 0.239 e. The topological polar surface area (TPSA) is 75.7 Å². The summed E-state index contributed by atoms with van der Waals surface area (Å²) in [6.45, 7) is 6.11. The summed E-state index contributed by atoms with van der Waals surface area (Å²) in [5.41, 5.74) is 1.17. The molecule has 0 radical (unpaired) electrons. The van der Waals surface area contributed by atoms with E-state index in [1.807, 2.05) is 13.8 Å². The molecule has 0 aliphatic carbocycles. The normalized spacial score (nSPS) is 10.1. The van der Waals surface area contributed by atoms with E-state index in [1.54, 1.807) is 18.2 Å². The molecule has 126 valence electrons. The zero-order valence-corrected chi connectivity index (χ0v) is 14.1. The standard InChI is InChI=1S/C17H24N2O4/c1-5-18-16(21)11-19(6-2)17(22)10-14-9-13(12(3)20)7-8-15(14)23-4/h7-9H,5-6,10-11H2,1-4H3,(H,18,21). The Kier molecular flexibility index (Phi) is 7.25. The molecule has 0 saturated heterocycles. The van der Waals surface area contributed by atoms with Crippen LogP contribution >= 0.6 is 0 Å². The third-order valence-corrected chi connectivity index (χ3v) is 3.47. The van der Waals surface area contributed by atoms with E-state index in [-0.39, 0.29) is 30.6 Å². The number of carbonyl (C=O) groups excluding carboxylic acids is 3. The Balaban J connectivity index is 2.91. The molecule has 0 spiro atoms. The molecule has 1 N–H and O–H groups in total. The summed E-state index contributed by atoms with van der Waals surface area (Å²) in [5.74, 6) is 0.110. The van der Waals surface area contributed by atoms with Gasteiger partial charge >= 0.3 is 0 Å². The Bertz CT molecular complexity index is 584. The molecular formula is C17H24N2O4. The Labute approximate surface area is 136 Å². The van der Waals surface area contributed by atoms with Crippen LogP contribution < -0.4 is 10.1 Å². The van der Waals surface area contributed by atoms with Gasteiger partial charge in [0.25, 0.3) is 0 Å². The van der Waals surface area contributed by atoms with Gasteiger partial charge in [-0.3, -0.25) is 14.4 Å². The van der Waals surface area contributed by atoms with Crippen LogP contribution in [-0.4, -0.2) is 49.2 Å². The van der Waals surface area contributed by atoms with E-state index in [4.69, 9.17) is 4.74 Å². The second kappa shape index (κ2) is 8.92. The molecule has 0 aliphatic heterocycles. The quantitative estimate of drug-likeness (QED) is 0.735. The predicted molar refractivity (Wildman–Crippen MR) is 87.6 cm³/mol. The van der Waals surface area contributed by atoms with Gasteiger partial charge in [-0.2, -0.15) is 0 Å². The van der Waals surface area contributed by atoms with Crippen LogP contribution in [0.4, 0.5) is 0 Å². The van der Waals surface area contributed by atoms with Gasteiger partial charge in [0.2, 0.25) is 11.8 Å². The van der Waals surface area contributed by atoms with Crippen LogP contribution in [0.5, 0.6) is 5.75 Å².